The van der Waals surface area contributed by atoms with Gasteiger partial charge in [-0.05, 0) is 32.0 Å². The number of amides is 1. The van der Waals surface area contributed by atoms with Gasteiger partial charge in [0.15, 0.2) is 0 Å². The summed E-state index contributed by atoms with van der Waals surface area (Å²) in [7, 11) is -2.12. The topological polar surface area (TPSA) is 95.7 Å². The number of para-hydroxylation sites is 1. The van der Waals surface area contributed by atoms with Crippen LogP contribution in [0.25, 0.3) is 0 Å². The van der Waals surface area contributed by atoms with Crippen LogP contribution in [0.1, 0.15) is 26.7 Å². The molecule has 0 unspecified atom stereocenters. The Morgan fingerprint density at radius 3 is 2.23 bits per heavy atom. The molecule has 3 N–H and O–H groups in total. The predicted molar refractivity (Wildman–Crippen MR) is 104 cm³/mol. The second kappa shape index (κ2) is 8.37. The summed E-state index contributed by atoms with van der Waals surface area (Å²) in [6.45, 7) is 6.67. The zero-order chi connectivity index (χ0) is 19.4. The number of carbonyl (C=O) groups is 1. The van der Waals surface area contributed by atoms with Crippen LogP contribution in [-0.4, -0.2) is 59.0 Å². The number of rotatable bonds is 7. The van der Waals surface area contributed by atoms with Gasteiger partial charge in [-0.2, -0.15) is 0 Å². The zero-order valence-corrected chi connectivity index (χ0v) is 16.7. The summed E-state index contributed by atoms with van der Waals surface area (Å²) in [6.07, 6.45) is 1.45. The average molecular weight is 383 g/mol. The SMILES string of the molecule is CCC(CC)(CN)C(=O)N1CCN(c2ccccc2S(=O)(=O)NC)CC1. The molecule has 0 saturated carbocycles. The average Bonchev–Trinajstić information content (AvgIpc) is 2.69. The van der Waals surface area contributed by atoms with Crippen molar-refractivity contribution in [2.24, 2.45) is 11.1 Å². The molecule has 1 aromatic rings. The standard InChI is InChI=1S/C18H30N4O3S/c1-4-18(5-2,14-19)17(23)22-12-10-21(11-13-22)15-8-6-7-9-16(15)26(24,25)20-3/h6-9,20H,4-5,10-14,19H2,1-3H3. The highest BCUT2D eigenvalue weighted by Gasteiger charge is 2.38. The van der Waals surface area contributed by atoms with Crippen LogP contribution >= 0.6 is 0 Å². The third-order valence-electron chi connectivity index (χ3n) is 5.53. The number of hydrogen-bond donors (Lipinski definition) is 2. The van der Waals surface area contributed by atoms with Crippen LogP contribution in [0.5, 0.6) is 0 Å². The number of benzene rings is 1. The summed E-state index contributed by atoms with van der Waals surface area (Å²) in [4.78, 5) is 17.1. The van der Waals surface area contributed by atoms with Gasteiger partial charge in [0.25, 0.3) is 0 Å². The molecule has 1 aromatic carbocycles. The Balaban J connectivity index is 2.16. The van der Waals surface area contributed by atoms with Crippen LogP contribution in [0.4, 0.5) is 5.69 Å². The van der Waals surface area contributed by atoms with Crippen molar-refractivity contribution in [3.63, 3.8) is 0 Å². The molecule has 1 fully saturated rings. The zero-order valence-electron chi connectivity index (χ0n) is 15.9. The maximum atomic E-state index is 13.0. The smallest absolute Gasteiger partial charge is 0.242 e. The number of anilines is 1. The normalized spacial score (nSPS) is 16.0. The molecule has 2 rings (SSSR count). The van der Waals surface area contributed by atoms with Gasteiger partial charge in [0.05, 0.1) is 11.1 Å². The van der Waals surface area contributed by atoms with E-state index in [1.165, 1.54) is 7.05 Å². The monoisotopic (exact) mass is 382 g/mol. The van der Waals surface area contributed by atoms with E-state index in [4.69, 9.17) is 5.73 Å². The molecular weight excluding hydrogens is 352 g/mol. The number of carbonyl (C=O) groups excluding carboxylic acids is 1. The highest BCUT2D eigenvalue weighted by Crippen LogP contribution is 2.30. The molecule has 1 saturated heterocycles. The maximum Gasteiger partial charge on any atom is 0.242 e. The molecule has 26 heavy (non-hydrogen) atoms. The summed E-state index contributed by atoms with van der Waals surface area (Å²) in [5, 5.41) is 0. The van der Waals surface area contributed by atoms with E-state index in [0.29, 0.717) is 38.4 Å². The Morgan fingerprint density at radius 2 is 1.73 bits per heavy atom. The quantitative estimate of drug-likeness (QED) is 0.734. The first-order valence-electron chi connectivity index (χ1n) is 9.12. The first-order chi connectivity index (χ1) is 12.3. The van der Waals surface area contributed by atoms with E-state index in [1.807, 2.05) is 35.8 Å². The lowest BCUT2D eigenvalue weighted by Crippen LogP contribution is -2.55. The van der Waals surface area contributed by atoms with E-state index in [2.05, 4.69) is 4.72 Å². The van der Waals surface area contributed by atoms with Gasteiger partial charge >= 0.3 is 0 Å². The Labute approximate surface area is 156 Å². The molecule has 1 heterocycles. The van der Waals surface area contributed by atoms with E-state index < -0.39 is 15.4 Å². The Bertz CT molecular complexity index is 715. The molecule has 1 aliphatic heterocycles. The van der Waals surface area contributed by atoms with E-state index in [1.54, 1.807) is 12.1 Å². The Morgan fingerprint density at radius 1 is 1.15 bits per heavy atom. The summed E-state index contributed by atoms with van der Waals surface area (Å²) in [5.41, 5.74) is 6.09. The minimum absolute atomic E-state index is 0.112. The highest BCUT2D eigenvalue weighted by atomic mass is 32.2. The minimum atomic E-state index is -3.53. The third kappa shape index (κ3) is 3.87. The molecular formula is C18H30N4O3S. The summed E-state index contributed by atoms with van der Waals surface area (Å²) in [6, 6.07) is 6.96. The number of nitrogens with zero attached hydrogens (tertiary/aromatic N) is 2. The van der Waals surface area contributed by atoms with Crippen molar-refractivity contribution >= 4 is 21.6 Å². The lowest BCUT2D eigenvalue weighted by Gasteiger charge is -2.41. The van der Waals surface area contributed by atoms with Crippen molar-refractivity contribution in [1.29, 1.82) is 0 Å². The second-order valence-corrected chi connectivity index (χ2v) is 8.50. The third-order valence-corrected chi connectivity index (χ3v) is 6.99. The lowest BCUT2D eigenvalue weighted by molar-refractivity contribution is -0.142. The van der Waals surface area contributed by atoms with Gasteiger partial charge in [-0.1, -0.05) is 26.0 Å². The van der Waals surface area contributed by atoms with Crippen LogP contribution < -0.4 is 15.4 Å². The first-order valence-corrected chi connectivity index (χ1v) is 10.6. The molecule has 0 radical (unpaired) electrons. The van der Waals surface area contributed by atoms with Crippen LogP contribution in [0.2, 0.25) is 0 Å². The van der Waals surface area contributed by atoms with E-state index in [0.717, 1.165) is 12.8 Å². The van der Waals surface area contributed by atoms with Gasteiger partial charge in [0, 0.05) is 32.7 Å². The Hall–Kier alpha value is -1.64. The fraction of sp³-hybridized carbons (Fsp3) is 0.611. The molecule has 1 aliphatic rings. The van der Waals surface area contributed by atoms with E-state index >= 15 is 0 Å². The summed E-state index contributed by atoms with van der Waals surface area (Å²) < 4.78 is 26.9. The van der Waals surface area contributed by atoms with Gasteiger partial charge in [-0.25, -0.2) is 13.1 Å². The Kier molecular flexibility index (Phi) is 6.65. The van der Waals surface area contributed by atoms with Crippen LogP contribution in [0.3, 0.4) is 0 Å². The fourth-order valence-corrected chi connectivity index (χ4v) is 4.42. The van der Waals surface area contributed by atoms with E-state index in [-0.39, 0.29) is 10.8 Å². The first kappa shape index (κ1) is 20.7. The van der Waals surface area contributed by atoms with Crippen LogP contribution in [0, 0.1) is 5.41 Å². The highest BCUT2D eigenvalue weighted by molar-refractivity contribution is 7.89. The lowest BCUT2D eigenvalue weighted by atomic mass is 9.81. The van der Waals surface area contributed by atoms with Crippen molar-refractivity contribution in [1.82, 2.24) is 9.62 Å². The van der Waals surface area contributed by atoms with Crippen molar-refractivity contribution in [3.8, 4) is 0 Å². The van der Waals surface area contributed by atoms with Gasteiger partial charge in [0.2, 0.25) is 15.9 Å². The van der Waals surface area contributed by atoms with Crippen LogP contribution in [0.15, 0.2) is 29.2 Å². The molecule has 8 heteroatoms. The number of hydrogen-bond acceptors (Lipinski definition) is 5. The fourth-order valence-electron chi connectivity index (χ4n) is 3.47. The van der Waals surface area contributed by atoms with Crippen molar-refractivity contribution in [2.75, 3.05) is 44.7 Å². The largest absolute Gasteiger partial charge is 0.367 e. The maximum absolute atomic E-state index is 13.0. The molecule has 0 atom stereocenters. The minimum Gasteiger partial charge on any atom is -0.367 e. The van der Waals surface area contributed by atoms with E-state index in [9.17, 15) is 13.2 Å². The molecule has 0 bridgehead atoms. The second-order valence-electron chi connectivity index (χ2n) is 6.65. The van der Waals surface area contributed by atoms with Gasteiger partial charge < -0.3 is 15.5 Å². The molecule has 1 amide bonds. The summed E-state index contributed by atoms with van der Waals surface area (Å²) in [5.74, 6) is 0.112. The molecule has 0 aliphatic carbocycles. The predicted octanol–water partition coefficient (Wildman–Crippen LogP) is 1.01. The van der Waals surface area contributed by atoms with Gasteiger partial charge in [-0.15, -0.1) is 0 Å². The molecule has 0 spiro atoms. The van der Waals surface area contributed by atoms with Crippen LogP contribution in [-0.2, 0) is 14.8 Å². The molecule has 146 valence electrons. The van der Waals surface area contributed by atoms with Crippen molar-refractivity contribution in [2.45, 2.75) is 31.6 Å². The molecule has 7 nitrogen and oxygen atoms in total. The van der Waals surface area contributed by atoms with Crippen molar-refractivity contribution < 1.29 is 13.2 Å². The number of nitrogens with one attached hydrogen (secondary N) is 1. The number of sulfonamides is 1. The van der Waals surface area contributed by atoms with Gasteiger partial charge in [0.1, 0.15) is 4.90 Å². The van der Waals surface area contributed by atoms with Gasteiger partial charge in [-0.3, -0.25) is 4.79 Å². The summed E-state index contributed by atoms with van der Waals surface area (Å²) >= 11 is 0. The van der Waals surface area contributed by atoms with Crippen molar-refractivity contribution in [3.05, 3.63) is 24.3 Å². The number of piperazine rings is 1. The number of nitrogens with two attached hydrogens (primary N) is 1. The molecule has 0 aromatic heterocycles.